The molecule has 1 unspecified atom stereocenters. The van der Waals surface area contributed by atoms with E-state index < -0.39 is 0 Å². The van der Waals surface area contributed by atoms with Crippen molar-refractivity contribution in [1.29, 1.82) is 0 Å². The maximum atomic E-state index is 12.5. The van der Waals surface area contributed by atoms with Crippen molar-refractivity contribution in [3.8, 4) is 0 Å². The van der Waals surface area contributed by atoms with Crippen LogP contribution in [0.4, 0.5) is 0 Å². The van der Waals surface area contributed by atoms with Crippen molar-refractivity contribution in [1.82, 2.24) is 19.9 Å². The topological polar surface area (TPSA) is 69.9 Å². The predicted octanol–water partition coefficient (Wildman–Crippen LogP) is 0.106. The van der Waals surface area contributed by atoms with Crippen molar-refractivity contribution in [2.45, 2.75) is 19.9 Å². The highest BCUT2D eigenvalue weighted by atomic mass is 16.5. The highest BCUT2D eigenvalue weighted by Crippen LogP contribution is 2.20. The number of rotatable bonds is 3. The molecule has 2 aliphatic rings. The summed E-state index contributed by atoms with van der Waals surface area (Å²) in [5.74, 6) is 0.881. The van der Waals surface area contributed by atoms with Crippen LogP contribution in [0, 0.1) is 12.8 Å². The second kappa shape index (κ2) is 6.08. The lowest BCUT2D eigenvalue weighted by atomic mass is 10.1. The van der Waals surface area contributed by atoms with E-state index in [2.05, 4.69) is 10.1 Å². The number of piperazine rings is 1. The van der Waals surface area contributed by atoms with Gasteiger partial charge in [0.05, 0.1) is 18.2 Å². The Morgan fingerprint density at radius 2 is 2.09 bits per heavy atom. The summed E-state index contributed by atoms with van der Waals surface area (Å²) < 4.78 is 5.23. The number of carbonyl (C=O) groups is 2. The number of nitrogens with zero attached hydrogens (tertiary/aromatic N) is 4. The summed E-state index contributed by atoms with van der Waals surface area (Å²) in [6.07, 6.45) is 0.354. The van der Waals surface area contributed by atoms with Crippen LogP contribution in [-0.2, 0) is 16.1 Å². The highest BCUT2D eigenvalue weighted by Gasteiger charge is 2.35. The normalized spacial score (nSPS) is 23.4. The fraction of sp³-hybridized carbons (Fsp3) is 0.667. The molecule has 2 aliphatic heterocycles. The average Bonchev–Trinajstić information content (AvgIpc) is 3.05. The zero-order valence-corrected chi connectivity index (χ0v) is 13.1. The van der Waals surface area contributed by atoms with Gasteiger partial charge in [-0.05, 0) is 6.92 Å². The lowest BCUT2D eigenvalue weighted by Gasteiger charge is -2.35. The summed E-state index contributed by atoms with van der Waals surface area (Å²) in [6.45, 7) is 6.25. The summed E-state index contributed by atoms with van der Waals surface area (Å²) in [5.41, 5.74) is 0.888. The van der Waals surface area contributed by atoms with Crippen LogP contribution >= 0.6 is 0 Å². The molecule has 3 heterocycles. The fourth-order valence-corrected chi connectivity index (χ4v) is 3.12. The first-order valence-corrected chi connectivity index (χ1v) is 7.70. The number of hydrogen-bond donors (Lipinski definition) is 0. The Hall–Kier alpha value is -1.89. The van der Waals surface area contributed by atoms with E-state index >= 15 is 0 Å². The number of amides is 2. The van der Waals surface area contributed by atoms with E-state index in [1.807, 2.05) is 17.9 Å². The van der Waals surface area contributed by atoms with Gasteiger partial charge < -0.3 is 14.3 Å². The molecule has 2 amide bonds. The number of hydrogen-bond acceptors (Lipinski definition) is 5. The lowest BCUT2D eigenvalue weighted by molar-refractivity contribution is -0.137. The summed E-state index contributed by atoms with van der Waals surface area (Å²) in [5, 5.41) is 3.89. The first-order chi connectivity index (χ1) is 10.5. The van der Waals surface area contributed by atoms with Crippen LogP contribution in [0.15, 0.2) is 10.6 Å². The molecule has 0 saturated carbocycles. The largest absolute Gasteiger partial charge is 0.360 e. The van der Waals surface area contributed by atoms with Crippen molar-refractivity contribution < 1.29 is 14.1 Å². The van der Waals surface area contributed by atoms with Gasteiger partial charge in [0.2, 0.25) is 11.8 Å². The van der Waals surface area contributed by atoms with Crippen LogP contribution in [0.5, 0.6) is 0 Å². The van der Waals surface area contributed by atoms with E-state index in [0.717, 1.165) is 31.1 Å². The number of aromatic nitrogens is 1. The van der Waals surface area contributed by atoms with E-state index in [1.54, 1.807) is 11.9 Å². The van der Waals surface area contributed by atoms with Gasteiger partial charge in [-0.2, -0.15) is 0 Å². The fourth-order valence-electron chi connectivity index (χ4n) is 3.12. The maximum Gasteiger partial charge on any atom is 0.228 e. The number of carbonyl (C=O) groups excluding carboxylic acids is 2. The van der Waals surface area contributed by atoms with E-state index in [1.165, 1.54) is 0 Å². The van der Waals surface area contributed by atoms with Gasteiger partial charge in [-0.3, -0.25) is 14.5 Å². The van der Waals surface area contributed by atoms with Crippen LogP contribution in [-0.4, -0.2) is 71.4 Å². The van der Waals surface area contributed by atoms with Crippen LogP contribution in [0.1, 0.15) is 17.9 Å². The minimum atomic E-state index is -0.166. The molecule has 3 rings (SSSR count). The van der Waals surface area contributed by atoms with Gasteiger partial charge in [0.1, 0.15) is 0 Å². The highest BCUT2D eigenvalue weighted by molar-refractivity contribution is 5.89. The molecule has 2 saturated heterocycles. The summed E-state index contributed by atoms with van der Waals surface area (Å²) >= 11 is 0. The maximum absolute atomic E-state index is 12.5. The van der Waals surface area contributed by atoms with Crippen LogP contribution in [0.25, 0.3) is 0 Å². The number of likely N-dealkylation sites (tertiary alicyclic amines) is 1. The molecule has 0 radical (unpaired) electrons. The van der Waals surface area contributed by atoms with Gasteiger partial charge >= 0.3 is 0 Å². The van der Waals surface area contributed by atoms with Gasteiger partial charge in [0.15, 0.2) is 5.76 Å². The third-order valence-electron chi connectivity index (χ3n) is 4.43. The second-order valence-electron chi connectivity index (χ2n) is 6.21. The van der Waals surface area contributed by atoms with Gasteiger partial charge in [0, 0.05) is 52.3 Å². The van der Waals surface area contributed by atoms with Crippen molar-refractivity contribution in [2.75, 3.05) is 39.8 Å². The third-order valence-corrected chi connectivity index (χ3v) is 4.43. The Bertz CT molecular complexity index is 563. The summed E-state index contributed by atoms with van der Waals surface area (Å²) in [7, 11) is 1.76. The predicted molar refractivity (Wildman–Crippen MR) is 78.8 cm³/mol. The minimum absolute atomic E-state index is 0.0673. The van der Waals surface area contributed by atoms with Crippen LogP contribution in [0.3, 0.4) is 0 Å². The van der Waals surface area contributed by atoms with E-state index in [-0.39, 0.29) is 17.7 Å². The third kappa shape index (κ3) is 3.14. The molecular formula is C15H22N4O3. The molecule has 22 heavy (non-hydrogen) atoms. The van der Waals surface area contributed by atoms with E-state index in [0.29, 0.717) is 26.1 Å². The lowest BCUT2D eigenvalue weighted by Crippen LogP contribution is -2.50. The van der Waals surface area contributed by atoms with Crippen LogP contribution in [0.2, 0.25) is 0 Å². The molecule has 1 aromatic heterocycles. The smallest absolute Gasteiger partial charge is 0.228 e. The molecular weight excluding hydrogens is 284 g/mol. The SMILES string of the molecule is Cc1cc(CN2CCN(C(=O)C3CC(=O)N(C)C3)CC2)on1. The molecule has 0 aliphatic carbocycles. The minimum Gasteiger partial charge on any atom is -0.360 e. The first kappa shape index (κ1) is 15.0. The van der Waals surface area contributed by atoms with Crippen molar-refractivity contribution in [3.05, 3.63) is 17.5 Å². The molecule has 0 aromatic carbocycles. The molecule has 2 fully saturated rings. The van der Waals surface area contributed by atoms with Crippen molar-refractivity contribution in [3.63, 3.8) is 0 Å². The number of aryl methyl sites for hydroxylation is 1. The summed E-state index contributed by atoms with van der Waals surface area (Å²) in [4.78, 5) is 29.8. The Labute approximate surface area is 129 Å². The molecule has 0 N–H and O–H groups in total. The molecule has 120 valence electrons. The summed E-state index contributed by atoms with van der Waals surface area (Å²) in [6, 6.07) is 1.94. The van der Waals surface area contributed by atoms with Crippen molar-refractivity contribution >= 4 is 11.8 Å². The van der Waals surface area contributed by atoms with Gasteiger partial charge in [-0.15, -0.1) is 0 Å². The Morgan fingerprint density at radius 3 is 2.64 bits per heavy atom. The molecule has 1 aromatic rings. The Balaban J connectivity index is 1.49. The zero-order valence-electron chi connectivity index (χ0n) is 13.1. The molecule has 0 bridgehead atoms. The van der Waals surface area contributed by atoms with Gasteiger partial charge in [-0.25, -0.2) is 0 Å². The first-order valence-electron chi connectivity index (χ1n) is 7.70. The zero-order chi connectivity index (χ0) is 15.7. The van der Waals surface area contributed by atoms with E-state index in [4.69, 9.17) is 4.52 Å². The van der Waals surface area contributed by atoms with E-state index in [9.17, 15) is 9.59 Å². The Kier molecular flexibility index (Phi) is 4.15. The Morgan fingerprint density at radius 1 is 1.36 bits per heavy atom. The molecule has 7 nitrogen and oxygen atoms in total. The second-order valence-corrected chi connectivity index (χ2v) is 6.21. The van der Waals surface area contributed by atoms with Gasteiger partial charge in [0.25, 0.3) is 0 Å². The van der Waals surface area contributed by atoms with Crippen LogP contribution < -0.4 is 0 Å². The molecule has 0 spiro atoms. The average molecular weight is 306 g/mol. The molecule has 7 heteroatoms. The quantitative estimate of drug-likeness (QED) is 0.792. The van der Waals surface area contributed by atoms with Gasteiger partial charge in [-0.1, -0.05) is 5.16 Å². The van der Waals surface area contributed by atoms with Crippen molar-refractivity contribution in [2.24, 2.45) is 5.92 Å². The molecule has 1 atom stereocenters. The monoisotopic (exact) mass is 306 g/mol. The standard InChI is InChI=1S/C15H22N4O3/c1-11-7-13(22-16-11)10-18-3-5-19(6-4-18)15(21)12-8-14(20)17(2)9-12/h7,12H,3-6,8-10H2,1-2H3.